The van der Waals surface area contributed by atoms with Gasteiger partial charge in [0, 0.05) is 23.1 Å². The Hall–Kier alpha value is -2.11. The van der Waals surface area contributed by atoms with Crippen LogP contribution in [0.2, 0.25) is 0 Å². The van der Waals surface area contributed by atoms with Gasteiger partial charge in [0.15, 0.2) is 0 Å². The molecule has 0 aliphatic heterocycles. The van der Waals surface area contributed by atoms with Gasteiger partial charge in [0.25, 0.3) is 5.69 Å². The Bertz CT molecular complexity index is 540. The van der Waals surface area contributed by atoms with Crippen LogP contribution in [0.1, 0.15) is 5.56 Å². The second-order valence-corrected chi connectivity index (χ2v) is 3.36. The molecule has 0 radical (unpaired) electrons. The number of alkyl halides is 3. The van der Waals surface area contributed by atoms with Gasteiger partial charge >= 0.3 is 6.18 Å². The van der Waals surface area contributed by atoms with Gasteiger partial charge in [-0.05, 0) is 18.2 Å². The Labute approximate surface area is 94.7 Å². The molecule has 2 heterocycles. The molecule has 3 nitrogen and oxygen atoms in total. The molecule has 1 N–H and O–H groups in total. The number of hydrogen-bond donors (Lipinski definition) is 1. The van der Waals surface area contributed by atoms with Gasteiger partial charge in [0.2, 0.25) is 6.20 Å². The van der Waals surface area contributed by atoms with Crippen LogP contribution >= 0.6 is 0 Å². The summed E-state index contributed by atoms with van der Waals surface area (Å²) in [6.45, 7) is 0. The van der Waals surface area contributed by atoms with Crippen LogP contribution in [-0.2, 0) is 6.18 Å². The molecule has 0 fully saturated rings. The fourth-order valence-corrected chi connectivity index (χ4v) is 1.38. The van der Waals surface area contributed by atoms with Crippen molar-refractivity contribution in [2.24, 2.45) is 0 Å². The van der Waals surface area contributed by atoms with Crippen molar-refractivity contribution >= 4 is 0 Å². The Morgan fingerprint density at radius 3 is 2.59 bits per heavy atom. The van der Waals surface area contributed by atoms with E-state index in [1.165, 1.54) is 12.3 Å². The summed E-state index contributed by atoms with van der Waals surface area (Å²) in [5, 5.41) is 9.45. The molecule has 0 aliphatic rings. The average Bonchev–Trinajstić information content (AvgIpc) is 2.29. The molecule has 0 aromatic carbocycles. The first kappa shape index (κ1) is 11.4. The normalized spacial score (nSPS) is 11.5. The number of rotatable bonds is 1. The summed E-state index contributed by atoms with van der Waals surface area (Å²) in [7, 11) is 0. The van der Waals surface area contributed by atoms with Crippen LogP contribution < -0.4 is 4.73 Å². The SMILES string of the molecule is O[n+]1ccccc1-c1cc(C(F)(F)F)ccn1. The van der Waals surface area contributed by atoms with Crippen LogP contribution in [0.5, 0.6) is 0 Å². The van der Waals surface area contributed by atoms with Gasteiger partial charge in [-0.25, -0.2) is 4.98 Å². The molecule has 0 saturated carbocycles. The number of hydrogen-bond acceptors (Lipinski definition) is 2. The van der Waals surface area contributed by atoms with Crippen molar-refractivity contribution in [2.75, 3.05) is 0 Å². The largest absolute Gasteiger partial charge is 0.416 e. The summed E-state index contributed by atoms with van der Waals surface area (Å²) < 4.78 is 38.2. The number of pyridine rings is 2. The molecule has 2 aromatic rings. The highest BCUT2D eigenvalue weighted by molar-refractivity contribution is 5.51. The average molecular weight is 241 g/mol. The highest BCUT2D eigenvalue weighted by Gasteiger charge is 2.31. The second-order valence-electron chi connectivity index (χ2n) is 3.36. The molecule has 0 saturated heterocycles. The lowest BCUT2D eigenvalue weighted by Crippen LogP contribution is -2.32. The second kappa shape index (κ2) is 4.04. The minimum Gasteiger partial charge on any atom is -0.284 e. The van der Waals surface area contributed by atoms with Gasteiger partial charge in [-0.3, -0.25) is 5.21 Å². The first-order valence-electron chi connectivity index (χ1n) is 4.72. The number of aromatic nitrogens is 2. The van der Waals surface area contributed by atoms with Crippen LogP contribution in [0.3, 0.4) is 0 Å². The molecular formula is C11H8F3N2O+. The number of nitrogens with zero attached hydrogens (tertiary/aromatic N) is 2. The molecule has 0 atom stereocenters. The lowest BCUT2D eigenvalue weighted by molar-refractivity contribution is -0.896. The van der Waals surface area contributed by atoms with Crippen LogP contribution in [0, 0.1) is 0 Å². The maximum atomic E-state index is 12.5. The quantitative estimate of drug-likeness (QED) is 0.614. The minimum atomic E-state index is -4.42. The topological polar surface area (TPSA) is 37.0 Å². The van der Waals surface area contributed by atoms with E-state index in [1.807, 2.05) is 0 Å². The lowest BCUT2D eigenvalue weighted by Gasteiger charge is -2.06. The minimum absolute atomic E-state index is 0.0583. The summed E-state index contributed by atoms with van der Waals surface area (Å²) in [5.41, 5.74) is -0.548. The van der Waals surface area contributed by atoms with Gasteiger partial charge in [0.1, 0.15) is 5.69 Å². The highest BCUT2D eigenvalue weighted by Crippen LogP contribution is 2.30. The van der Waals surface area contributed by atoms with Gasteiger partial charge in [-0.1, -0.05) is 0 Å². The highest BCUT2D eigenvalue weighted by atomic mass is 19.4. The van der Waals surface area contributed by atoms with E-state index in [2.05, 4.69) is 4.98 Å². The van der Waals surface area contributed by atoms with Crippen LogP contribution in [-0.4, -0.2) is 10.2 Å². The molecule has 0 spiro atoms. The van der Waals surface area contributed by atoms with E-state index >= 15 is 0 Å². The zero-order valence-electron chi connectivity index (χ0n) is 8.52. The summed E-state index contributed by atoms with van der Waals surface area (Å²) in [6.07, 6.45) is -2.05. The Balaban J connectivity index is 2.51. The standard InChI is InChI=1S/C11H8F3N2O/c12-11(13,14)8-4-5-15-9(7-8)10-3-1-2-6-16(10)17/h1-7,17H/q+1. The molecule has 0 bridgehead atoms. The van der Waals surface area contributed by atoms with Crippen molar-refractivity contribution in [2.45, 2.75) is 6.18 Å². The molecule has 6 heteroatoms. The van der Waals surface area contributed by atoms with E-state index in [-0.39, 0.29) is 11.4 Å². The number of halogens is 3. The van der Waals surface area contributed by atoms with Crippen LogP contribution in [0.15, 0.2) is 42.7 Å². The predicted molar refractivity (Wildman–Crippen MR) is 52.1 cm³/mol. The van der Waals surface area contributed by atoms with Crippen molar-refractivity contribution < 1.29 is 23.1 Å². The van der Waals surface area contributed by atoms with Crippen LogP contribution in [0.4, 0.5) is 13.2 Å². The van der Waals surface area contributed by atoms with Crippen molar-refractivity contribution in [3.8, 4) is 11.4 Å². The van der Waals surface area contributed by atoms with Gasteiger partial charge < -0.3 is 0 Å². The first-order chi connectivity index (χ1) is 7.98. The molecule has 17 heavy (non-hydrogen) atoms. The maximum absolute atomic E-state index is 12.5. The van der Waals surface area contributed by atoms with Crippen molar-refractivity contribution in [3.05, 3.63) is 48.3 Å². The Morgan fingerprint density at radius 2 is 1.94 bits per heavy atom. The third-order valence-corrected chi connectivity index (χ3v) is 2.19. The van der Waals surface area contributed by atoms with Gasteiger partial charge in [-0.15, -0.1) is 0 Å². The van der Waals surface area contributed by atoms with Gasteiger partial charge in [-0.2, -0.15) is 13.2 Å². The van der Waals surface area contributed by atoms with Crippen molar-refractivity contribution in [3.63, 3.8) is 0 Å². The molecule has 2 rings (SSSR count). The molecule has 88 valence electrons. The van der Waals surface area contributed by atoms with Gasteiger partial charge in [0.05, 0.1) is 5.56 Å². The van der Waals surface area contributed by atoms with E-state index < -0.39 is 11.7 Å². The maximum Gasteiger partial charge on any atom is 0.416 e. The van der Waals surface area contributed by atoms with Crippen LogP contribution in [0.25, 0.3) is 11.4 Å². The van der Waals surface area contributed by atoms with Crippen molar-refractivity contribution in [1.29, 1.82) is 0 Å². The summed E-state index contributed by atoms with van der Waals surface area (Å²) >= 11 is 0. The molecular weight excluding hydrogens is 233 g/mol. The third-order valence-electron chi connectivity index (χ3n) is 2.19. The summed E-state index contributed by atoms with van der Waals surface area (Å²) in [4.78, 5) is 3.80. The predicted octanol–water partition coefficient (Wildman–Crippen LogP) is 2.29. The van der Waals surface area contributed by atoms with Crippen molar-refractivity contribution in [1.82, 2.24) is 4.98 Å². The van der Waals surface area contributed by atoms with E-state index in [0.29, 0.717) is 0 Å². The fraction of sp³-hybridized carbons (Fsp3) is 0.0909. The summed E-state index contributed by atoms with van der Waals surface area (Å²) in [6, 6.07) is 6.40. The Morgan fingerprint density at radius 1 is 1.18 bits per heavy atom. The lowest BCUT2D eigenvalue weighted by atomic mass is 10.2. The molecule has 0 amide bonds. The van der Waals surface area contributed by atoms with E-state index in [0.717, 1.165) is 23.1 Å². The smallest absolute Gasteiger partial charge is 0.284 e. The van der Waals surface area contributed by atoms with E-state index in [9.17, 15) is 18.4 Å². The summed E-state index contributed by atoms with van der Waals surface area (Å²) in [5.74, 6) is 0. The molecule has 0 aliphatic carbocycles. The first-order valence-corrected chi connectivity index (χ1v) is 4.72. The Kier molecular flexibility index (Phi) is 2.71. The monoisotopic (exact) mass is 241 g/mol. The molecule has 0 unspecified atom stereocenters. The van der Waals surface area contributed by atoms with E-state index in [4.69, 9.17) is 0 Å². The zero-order chi connectivity index (χ0) is 12.5. The molecule has 2 aromatic heterocycles. The van der Waals surface area contributed by atoms with E-state index in [1.54, 1.807) is 12.1 Å². The fourth-order valence-electron chi connectivity index (χ4n) is 1.38. The third kappa shape index (κ3) is 2.35. The zero-order valence-corrected chi connectivity index (χ0v) is 8.52.